The third-order valence-electron chi connectivity index (χ3n) is 5.34. The van der Waals surface area contributed by atoms with E-state index in [1.54, 1.807) is 30.3 Å². The van der Waals surface area contributed by atoms with Gasteiger partial charge in [0.1, 0.15) is 11.9 Å². The fourth-order valence-corrected chi connectivity index (χ4v) is 3.68. The largest absolute Gasteiger partial charge is 0.322 e. The van der Waals surface area contributed by atoms with E-state index in [-0.39, 0.29) is 24.4 Å². The van der Waals surface area contributed by atoms with Crippen LogP contribution in [0.15, 0.2) is 78.9 Å². The maximum atomic E-state index is 13.4. The molecule has 0 spiro atoms. The number of halogens is 1. The molecule has 0 aromatic heterocycles. The van der Waals surface area contributed by atoms with E-state index >= 15 is 0 Å². The molecule has 1 atom stereocenters. The summed E-state index contributed by atoms with van der Waals surface area (Å²) in [6.45, 7) is 2.12. The second kappa shape index (κ2) is 8.52. The van der Waals surface area contributed by atoms with Crippen molar-refractivity contribution < 1.29 is 18.8 Å². The van der Waals surface area contributed by atoms with E-state index in [4.69, 9.17) is 0 Å². The zero-order valence-electron chi connectivity index (χ0n) is 17.0. The molecule has 3 amide bonds. The minimum Gasteiger partial charge on any atom is -0.322 e. The van der Waals surface area contributed by atoms with Gasteiger partial charge < -0.3 is 4.90 Å². The average Bonchev–Trinajstić information content (AvgIpc) is 3.07. The summed E-state index contributed by atoms with van der Waals surface area (Å²) < 4.78 is 13.4. The van der Waals surface area contributed by atoms with Crippen LogP contribution in [0.5, 0.6) is 0 Å². The maximum absolute atomic E-state index is 13.4. The quantitative estimate of drug-likeness (QED) is 0.588. The van der Waals surface area contributed by atoms with Crippen LogP contribution in [0.4, 0.5) is 10.1 Å². The molecule has 0 N–H and O–H groups in total. The lowest BCUT2D eigenvalue weighted by molar-refractivity contribution is -0.122. The van der Waals surface area contributed by atoms with Gasteiger partial charge in [-0.2, -0.15) is 0 Å². The van der Waals surface area contributed by atoms with Gasteiger partial charge in [-0.3, -0.25) is 14.4 Å². The smallest absolute Gasteiger partial charge is 0.257 e. The molecule has 0 bridgehead atoms. The molecule has 156 valence electrons. The third-order valence-corrected chi connectivity index (χ3v) is 5.34. The molecule has 4 rings (SSSR count). The highest BCUT2D eigenvalue weighted by atomic mass is 19.1. The fourth-order valence-electron chi connectivity index (χ4n) is 3.68. The van der Waals surface area contributed by atoms with Crippen LogP contribution in [0, 0.1) is 12.7 Å². The minimum absolute atomic E-state index is 0.105. The van der Waals surface area contributed by atoms with Crippen molar-refractivity contribution >= 4 is 23.4 Å². The molecular weight excluding hydrogens is 395 g/mol. The van der Waals surface area contributed by atoms with Crippen LogP contribution in [-0.4, -0.2) is 28.7 Å². The van der Waals surface area contributed by atoms with Gasteiger partial charge in [0.05, 0.1) is 12.1 Å². The predicted molar refractivity (Wildman–Crippen MR) is 115 cm³/mol. The Balaban J connectivity index is 1.68. The Kier molecular flexibility index (Phi) is 5.62. The van der Waals surface area contributed by atoms with Crippen LogP contribution >= 0.6 is 0 Å². The van der Waals surface area contributed by atoms with E-state index in [1.807, 2.05) is 31.2 Å². The molecule has 1 fully saturated rings. The monoisotopic (exact) mass is 416 g/mol. The first-order valence-electron chi connectivity index (χ1n) is 9.98. The van der Waals surface area contributed by atoms with Crippen LogP contribution in [-0.2, 0) is 16.1 Å². The number of carbonyl (C=O) groups is 3. The summed E-state index contributed by atoms with van der Waals surface area (Å²) in [6, 6.07) is 20.5. The molecule has 1 aliphatic heterocycles. The van der Waals surface area contributed by atoms with Crippen molar-refractivity contribution in [3.8, 4) is 0 Å². The number of hydrogen-bond acceptors (Lipinski definition) is 3. The van der Waals surface area contributed by atoms with Crippen molar-refractivity contribution in [3.63, 3.8) is 0 Å². The van der Waals surface area contributed by atoms with E-state index in [0.29, 0.717) is 5.69 Å². The van der Waals surface area contributed by atoms with E-state index in [0.717, 1.165) is 16.0 Å². The average molecular weight is 416 g/mol. The molecule has 5 nitrogen and oxygen atoms in total. The van der Waals surface area contributed by atoms with Crippen LogP contribution in [0.2, 0.25) is 0 Å². The number of anilines is 1. The molecule has 1 unspecified atom stereocenters. The Morgan fingerprint density at radius 2 is 1.61 bits per heavy atom. The Morgan fingerprint density at radius 1 is 0.968 bits per heavy atom. The molecule has 1 aliphatic rings. The number of imide groups is 1. The van der Waals surface area contributed by atoms with Gasteiger partial charge in [-0.1, -0.05) is 48.0 Å². The molecule has 1 saturated heterocycles. The summed E-state index contributed by atoms with van der Waals surface area (Å²) in [4.78, 5) is 41.8. The van der Waals surface area contributed by atoms with Crippen molar-refractivity contribution in [2.75, 3.05) is 4.90 Å². The summed E-state index contributed by atoms with van der Waals surface area (Å²) in [6.07, 6.45) is -0.105. The predicted octanol–water partition coefficient (Wildman–Crippen LogP) is 4.11. The highest BCUT2D eigenvalue weighted by Gasteiger charge is 2.44. The molecule has 1 heterocycles. The second-order valence-corrected chi connectivity index (χ2v) is 7.55. The first-order chi connectivity index (χ1) is 14.9. The lowest BCUT2D eigenvalue weighted by Crippen LogP contribution is -2.45. The SMILES string of the molecule is Cc1ccc(CN(C(=O)c2ccc(F)cc2)C2CC(=O)N(c3ccccc3)C2=O)cc1. The number of benzene rings is 3. The van der Waals surface area contributed by atoms with Crippen LogP contribution in [0.25, 0.3) is 0 Å². The summed E-state index contributed by atoms with van der Waals surface area (Å²) in [7, 11) is 0. The number of hydrogen-bond donors (Lipinski definition) is 0. The normalized spacial score (nSPS) is 15.9. The fraction of sp³-hybridized carbons (Fsp3) is 0.160. The number of nitrogens with zero attached hydrogens (tertiary/aromatic N) is 2. The Hall–Kier alpha value is -3.80. The number of para-hydroxylation sites is 1. The second-order valence-electron chi connectivity index (χ2n) is 7.55. The molecule has 6 heteroatoms. The van der Waals surface area contributed by atoms with Crippen molar-refractivity contribution in [3.05, 3.63) is 101 Å². The zero-order valence-corrected chi connectivity index (χ0v) is 17.0. The van der Waals surface area contributed by atoms with Gasteiger partial charge in [0.15, 0.2) is 0 Å². The van der Waals surface area contributed by atoms with Crippen molar-refractivity contribution in [1.82, 2.24) is 4.90 Å². The molecular formula is C25H21FN2O3. The summed E-state index contributed by atoms with van der Waals surface area (Å²) in [5.41, 5.74) is 2.64. The number of rotatable bonds is 5. The minimum atomic E-state index is -0.938. The molecule has 3 aromatic carbocycles. The van der Waals surface area contributed by atoms with Gasteiger partial charge >= 0.3 is 0 Å². The van der Waals surface area contributed by atoms with Crippen LogP contribution in [0.1, 0.15) is 27.9 Å². The topological polar surface area (TPSA) is 57.7 Å². The number of aryl methyl sites for hydroxylation is 1. The Bertz CT molecular complexity index is 1110. The Labute approximate surface area is 179 Å². The standard InChI is InChI=1S/C25H21FN2O3/c1-17-7-9-18(10-8-17)16-27(24(30)19-11-13-20(26)14-12-19)22-15-23(29)28(25(22)31)21-5-3-2-4-6-21/h2-14,22H,15-16H2,1H3. The summed E-state index contributed by atoms with van der Waals surface area (Å²) in [5, 5.41) is 0. The lowest BCUT2D eigenvalue weighted by Gasteiger charge is -2.28. The Morgan fingerprint density at radius 3 is 2.26 bits per heavy atom. The van der Waals surface area contributed by atoms with E-state index in [9.17, 15) is 18.8 Å². The van der Waals surface area contributed by atoms with E-state index < -0.39 is 23.7 Å². The third kappa shape index (κ3) is 4.23. The molecule has 0 aliphatic carbocycles. The molecule has 0 saturated carbocycles. The van der Waals surface area contributed by atoms with Gasteiger partial charge in [0, 0.05) is 12.1 Å². The number of carbonyl (C=O) groups excluding carboxylic acids is 3. The van der Waals surface area contributed by atoms with Gasteiger partial charge in [-0.05, 0) is 48.9 Å². The van der Waals surface area contributed by atoms with Crippen LogP contribution in [0.3, 0.4) is 0 Å². The first kappa shape index (κ1) is 20.5. The molecule has 3 aromatic rings. The van der Waals surface area contributed by atoms with Crippen molar-refractivity contribution in [2.24, 2.45) is 0 Å². The number of amides is 3. The van der Waals surface area contributed by atoms with Crippen LogP contribution < -0.4 is 4.90 Å². The molecule has 0 radical (unpaired) electrons. The highest BCUT2D eigenvalue weighted by molar-refractivity contribution is 6.23. The highest BCUT2D eigenvalue weighted by Crippen LogP contribution is 2.27. The summed E-state index contributed by atoms with van der Waals surface area (Å²) >= 11 is 0. The first-order valence-corrected chi connectivity index (χ1v) is 9.98. The van der Waals surface area contributed by atoms with E-state index in [1.165, 1.54) is 29.2 Å². The zero-order chi connectivity index (χ0) is 22.0. The van der Waals surface area contributed by atoms with Gasteiger partial charge in [-0.15, -0.1) is 0 Å². The van der Waals surface area contributed by atoms with Gasteiger partial charge in [0.2, 0.25) is 5.91 Å². The van der Waals surface area contributed by atoms with E-state index in [2.05, 4.69) is 0 Å². The van der Waals surface area contributed by atoms with Gasteiger partial charge in [0.25, 0.3) is 11.8 Å². The maximum Gasteiger partial charge on any atom is 0.257 e. The summed E-state index contributed by atoms with van der Waals surface area (Å²) in [5.74, 6) is -1.69. The van der Waals surface area contributed by atoms with Crippen molar-refractivity contribution in [2.45, 2.75) is 25.9 Å². The lowest BCUT2D eigenvalue weighted by atomic mass is 10.1. The van der Waals surface area contributed by atoms with Crippen molar-refractivity contribution in [1.29, 1.82) is 0 Å². The van der Waals surface area contributed by atoms with Gasteiger partial charge in [-0.25, -0.2) is 9.29 Å². The molecule has 31 heavy (non-hydrogen) atoms.